The van der Waals surface area contributed by atoms with Crippen LogP contribution in [0.5, 0.6) is 0 Å². The van der Waals surface area contributed by atoms with Crippen LogP contribution in [-0.2, 0) is 16.4 Å². The van der Waals surface area contributed by atoms with Gasteiger partial charge in [0.2, 0.25) is 10.0 Å². The van der Waals surface area contributed by atoms with E-state index >= 15 is 0 Å². The van der Waals surface area contributed by atoms with Crippen molar-refractivity contribution in [3.8, 4) is 0 Å². The molecule has 0 fully saturated rings. The first-order chi connectivity index (χ1) is 11.3. The van der Waals surface area contributed by atoms with Crippen LogP contribution < -0.4 is 10.5 Å². The van der Waals surface area contributed by atoms with Crippen molar-refractivity contribution in [2.45, 2.75) is 17.7 Å². The average molecular weight is 354 g/mol. The summed E-state index contributed by atoms with van der Waals surface area (Å²) in [5.41, 5.74) is 0.941. The molecule has 0 radical (unpaired) electrons. The lowest BCUT2D eigenvalue weighted by Crippen LogP contribution is -2.25. The Morgan fingerprint density at radius 3 is 2.29 bits per heavy atom. The number of carbonyl (C=O) groups is 1. The molecule has 0 unspecified atom stereocenters. The number of rotatable bonds is 6. The molecule has 24 heavy (non-hydrogen) atoms. The molecule has 5 nitrogen and oxygen atoms in total. The zero-order valence-corrected chi connectivity index (χ0v) is 13.4. The minimum atomic E-state index is -3.71. The summed E-state index contributed by atoms with van der Waals surface area (Å²) in [4.78, 5) is 11.8. The van der Waals surface area contributed by atoms with Gasteiger partial charge in [-0.05, 0) is 48.7 Å². The normalized spacial score (nSPS) is 11.3. The van der Waals surface area contributed by atoms with Crippen LogP contribution in [0.4, 0.5) is 8.78 Å². The molecule has 0 aliphatic carbocycles. The van der Waals surface area contributed by atoms with Gasteiger partial charge in [0, 0.05) is 12.1 Å². The number of benzene rings is 2. The lowest BCUT2D eigenvalue weighted by Gasteiger charge is -2.06. The minimum absolute atomic E-state index is 0.0397. The third kappa shape index (κ3) is 4.84. The Labute approximate surface area is 138 Å². The molecular formula is C16H16F2N2O3S. The Kier molecular flexibility index (Phi) is 5.63. The standard InChI is InChI=1S/C16H16F2N2O3S/c17-14-8-5-12(10-15(14)18)16(21)20-9-1-2-11-3-6-13(7-4-11)24(19,22)23/h3-8,10H,1-2,9H2,(H,20,21)(H2,19,22,23). The van der Waals surface area contributed by atoms with E-state index in [0.29, 0.717) is 19.4 Å². The molecule has 0 bridgehead atoms. The van der Waals surface area contributed by atoms with Crippen LogP contribution in [0.15, 0.2) is 47.4 Å². The Bertz CT molecular complexity index is 837. The monoisotopic (exact) mass is 354 g/mol. The summed E-state index contributed by atoms with van der Waals surface area (Å²) < 4.78 is 48.1. The van der Waals surface area contributed by atoms with Gasteiger partial charge in [0.25, 0.3) is 5.91 Å². The van der Waals surface area contributed by atoms with Crippen molar-refractivity contribution in [3.05, 3.63) is 65.2 Å². The number of nitrogens with two attached hydrogens (primary N) is 1. The molecule has 3 N–H and O–H groups in total. The third-order valence-electron chi connectivity index (χ3n) is 3.36. The smallest absolute Gasteiger partial charge is 0.251 e. The number of nitrogens with one attached hydrogen (secondary N) is 1. The molecule has 2 aromatic carbocycles. The van der Waals surface area contributed by atoms with Gasteiger partial charge < -0.3 is 5.32 Å². The lowest BCUT2D eigenvalue weighted by molar-refractivity contribution is 0.0952. The molecule has 1 amide bonds. The van der Waals surface area contributed by atoms with E-state index in [9.17, 15) is 22.0 Å². The third-order valence-corrected chi connectivity index (χ3v) is 4.29. The first-order valence-electron chi connectivity index (χ1n) is 7.12. The van der Waals surface area contributed by atoms with E-state index < -0.39 is 27.6 Å². The largest absolute Gasteiger partial charge is 0.352 e. The first-order valence-corrected chi connectivity index (χ1v) is 8.67. The fourth-order valence-corrected chi connectivity index (χ4v) is 2.60. The van der Waals surface area contributed by atoms with E-state index in [1.807, 2.05) is 0 Å². The van der Waals surface area contributed by atoms with Crippen molar-refractivity contribution in [1.82, 2.24) is 5.32 Å². The van der Waals surface area contributed by atoms with Gasteiger partial charge in [-0.15, -0.1) is 0 Å². The quantitative estimate of drug-likeness (QED) is 0.777. The average Bonchev–Trinajstić information content (AvgIpc) is 2.53. The van der Waals surface area contributed by atoms with Gasteiger partial charge in [0.1, 0.15) is 0 Å². The van der Waals surface area contributed by atoms with Crippen molar-refractivity contribution in [3.63, 3.8) is 0 Å². The Morgan fingerprint density at radius 2 is 1.71 bits per heavy atom. The van der Waals surface area contributed by atoms with Crippen LogP contribution >= 0.6 is 0 Å². The van der Waals surface area contributed by atoms with E-state index in [4.69, 9.17) is 5.14 Å². The van der Waals surface area contributed by atoms with Gasteiger partial charge in [-0.25, -0.2) is 22.3 Å². The molecule has 0 saturated carbocycles. The summed E-state index contributed by atoms with van der Waals surface area (Å²) in [7, 11) is -3.71. The number of aryl methyl sites for hydroxylation is 1. The van der Waals surface area contributed by atoms with Gasteiger partial charge in [-0.1, -0.05) is 12.1 Å². The van der Waals surface area contributed by atoms with Gasteiger partial charge >= 0.3 is 0 Å². The van der Waals surface area contributed by atoms with E-state index in [1.54, 1.807) is 12.1 Å². The summed E-state index contributed by atoms with van der Waals surface area (Å²) in [6.07, 6.45) is 1.22. The molecule has 0 aromatic heterocycles. The second-order valence-electron chi connectivity index (χ2n) is 5.18. The topological polar surface area (TPSA) is 89.3 Å². The highest BCUT2D eigenvalue weighted by atomic mass is 32.2. The van der Waals surface area contributed by atoms with E-state index in [2.05, 4.69) is 5.32 Å². The Hall–Kier alpha value is -2.32. The van der Waals surface area contributed by atoms with Crippen LogP contribution in [-0.4, -0.2) is 20.9 Å². The molecule has 2 aromatic rings. The molecule has 0 aliphatic rings. The van der Waals surface area contributed by atoms with E-state index in [1.165, 1.54) is 18.2 Å². The molecule has 0 aliphatic heterocycles. The van der Waals surface area contributed by atoms with Crippen LogP contribution in [0, 0.1) is 11.6 Å². The zero-order valence-electron chi connectivity index (χ0n) is 12.6. The van der Waals surface area contributed by atoms with E-state index in [0.717, 1.165) is 17.7 Å². The number of sulfonamides is 1. The summed E-state index contributed by atoms with van der Waals surface area (Å²) in [5, 5.41) is 7.62. The minimum Gasteiger partial charge on any atom is -0.352 e. The van der Waals surface area contributed by atoms with Crippen LogP contribution in [0.3, 0.4) is 0 Å². The molecule has 0 heterocycles. The predicted molar refractivity (Wildman–Crippen MR) is 84.8 cm³/mol. The molecule has 8 heteroatoms. The van der Waals surface area contributed by atoms with Crippen molar-refractivity contribution in [1.29, 1.82) is 0 Å². The number of halogens is 2. The fraction of sp³-hybridized carbons (Fsp3) is 0.188. The summed E-state index contributed by atoms with van der Waals surface area (Å²) in [6.45, 7) is 0.342. The van der Waals surface area contributed by atoms with Crippen LogP contribution in [0.1, 0.15) is 22.3 Å². The molecule has 128 valence electrons. The maximum absolute atomic E-state index is 13.1. The predicted octanol–water partition coefficient (Wildman–Crippen LogP) is 1.97. The maximum atomic E-state index is 13.1. The lowest BCUT2D eigenvalue weighted by atomic mass is 10.1. The maximum Gasteiger partial charge on any atom is 0.251 e. The fourth-order valence-electron chi connectivity index (χ4n) is 2.08. The Morgan fingerprint density at radius 1 is 1.04 bits per heavy atom. The van der Waals surface area contributed by atoms with Gasteiger partial charge in [-0.3, -0.25) is 4.79 Å². The number of primary sulfonamides is 1. The SMILES string of the molecule is NS(=O)(=O)c1ccc(CCCNC(=O)c2ccc(F)c(F)c2)cc1. The van der Waals surface area contributed by atoms with Crippen molar-refractivity contribution in [2.75, 3.05) is 6.54 Å². The molecule has 0 spiro atoms. The molecular weight excluding hydrogens is 338 g/mol. The van der Waals surface area contributed by atoms with Crippen LogP contribution in [0.2, 0.25) is 0 Å². The molecule has 0 atom stereocenters. The highest BCUT2D eigenvalue weighted by molar-refractivity contribution is 7.89. The molecule has 0 saturated heterocycles. The summed E-state index contributed by atoms with van der Waals surface area (Å²) in [6, 6.07) is 9.09. The number of hydrogen-bond acceptors (Lipinski definition) is 3. The van der Waals surface area contributed by atoms with Gasteiger partial charge in [-0.2, -0.15) is 0 Å². The van der Waals surface area contributed by atoms with Crippen molar-refractivity contribution < 1.29 is 22.0 Å². The van der Waals surface area contributed by atoms with Crippen molar-refractivity contribution in [2.24, 2.45) is 5.14 Å². The second kappa shape index (κ2) is 7.50. The summed E-state index contributed by atoms with van der Waals surface area (Å²) in [5.74, 6) is -2.56. The van der Waals surface area contributed by atoms with Gasteiger partial charge in [0.15, 0.2) is 11.6 Å². The summed E-state index contributed by atoms with van der Waals surface area (Å²) >= 11 is 0. The number of amides is 1. The zero-order chi connectivity index (χ0) is 17.7. The number of carbonyl (C=O) groups excluding carboxylic acids is 1. The second-order valence-corrected chi connectivity index (χ2v) is 6.74. The highest BCUT2D eigenvalue weighted by Crippen LogP contribution is 2.11. The first kappa shape index (κ1) is 18.0. The number of hydrogen-bond donors (Lipinski definition) is 2. The highest BCUT2D eigenvalue weighted by Gasteiger charge is 2.09. The van der Waals surface area contributed by atoms with E-state index in [-0.39, 0.29) is 10.5 Å². The van der Waals surface area contributed by atoms with Crippen molar-refractivity contribution >= 4 is 15.9 Å². The van der Waals surface area contributed by atoms with Crippen LogP contribution in [0.25, 0.3) is 0 Å². The van der Waals surface area contributed by atoms with Gasteiger partial charge in [0.05, 0.1) is 4.90 Å². The molecule has 2 rings (SSSR count). The Balaban J connectivity index is 1.82.